The summed E-state index contributed by atoms with van der Waals surface area (Å²) in [5, 5.41) is 2.66. The maximum Gasteiger partial charge on any atom is 0.233 e. The zero-order chi connectivity index (χ0) is 14.7. The number of amides is 3. The predicted octanol–water partition coefficient (Wildman–Crippen LogP) is 1.58. The van der Waals surface area contributed by atoms with Gasteiger partial charge in [0.1, 0.15) is 0 Å². The number of rotatable bonds is 5. The molecular weight excluding hydrogens is 324 g/mol. The van der Waals surface area contributed by atoms with Crippen LogP contribution in [0.1, 0.15) is 32.1 Å². The van der Waals surface area contributed by atoms with Gasteiger partial charge < -0.3 is 5.32 Å². The molecule has 2 fully saturated rings. The van der Waals surface area contributed by atoms with Gasteiger partial charge in [0.05, 0.1) is 11.8 Å². The fraction of sp³-hybridized carbons (Fsp3) is 0.643. The number of nitrogens with zero attached hydrogens (tertiary/aromatic N) is 1. The first-order valence-corrected chi connectivity index (χ1v) is 7.75. The number of likely N-dealkylation sites (tertiary alicyclic amines) is 1. The zero-order valence-corrected chi connectivity index (χ0v) is 12.9. The van der Waals surface area contributed by atoms with E-state index >= 15 is 0 Å². The Labute approximate surface area is 126 Å². The number of hydrogen-bond donors (Lipinski definition) is 1. The Hall–Kier alpha value is -1.17. The molecule has 0 spiro atoms. The molecule has 0 radical (unpaired) electrons. The van der Waals surface area contributed by atoms with Crippen LogP contribution in [0.4, 0.5) is 0 Å². The van der Waals surface area contributed by atoms with Crippen molar-refractivity contribution in [2.24, 2.45) is 11.8 Å². The summed E-state index contributed by atoms with van der Waals surface area (Å²) in [5.74, 6) is -0.626. The van der Waals surface area contributed by atoms with E-state index in [4.69, 9.17) is 0 Å². The van der Waals surface area contributed by atoms with Gasteiger partial charge in [-0.15, -0.1) is 0 Å². The van der Waals surface area contributed by atoms with Crippen molar-refractivity contribution in [3.63, 3.8) is 0 Å². The standard InChI is InChI=1S/C14H19BrN2O3/c1-9(15)8-16-12(18)6-7-17-13(19)10-4-2-3-5-11(10)14(17)20/h10-11H,1-8H2,(H,16,18)/t10-,11-/m1/s1. The molecule has 1 aliphatic carbocycles. The van der Waals surface area contributed by atoms with Crippen molar-refractivity contribution in [1.82, 2.24) is 10.2 Å². The van der Waals surface area contributed by atoms with Crippen LogP contribution in [-0.4, -0.2) is 35.7 Å². The van der Waals surface area contributed by atoms with Gasteiger partial charge in [-0.3, -0.25) is 19.3 Å². The van der Waals surface area contributed by atoms with Crippen LogP contribution in [-0.2, 0) is 14.4 Å². The Morgan fingerprint density at radius 2 is 1.80 bits per heavy atom. The maximum absolute atomic E-state index is 12.2. The second-order valence-electron chi connectivity index (χ2n) is 5.37. The van der Waals surface area contributed by atoms with Gasteiger partial charge in [0.15, 0.2) is 0 Å². The van der Waals surface area contributed by atoms with Crippen molar-refractivity contribution in [2.75, 3.05) is 13.1 Å². The summed E-state index contributed by atoms with van der Waals surface area (Å²) in [6, 6.07) is 0. The van der Waals surface area contributed by atoms with E-state index in [0.29, 0.717) is 11.0 Å². The Balaban J connectivity index is 1.86. The summed E-state index contributed by atoms with van der Waals surface area (Å²) < 4.78 is 0.685. The molecule has 6 heteroatoms. The summed E-state index contributed by atoms with van der Waals surface area (Å²) in [6.07, 6.45) is 3.80. The van der Waals surface area contributed by atoms with Gasteiger partial charge >= 0.3 is 0 Å². The van der Waals surface area contributed by atoms with Crippen LogP contribution in [0, 0.1) is 11.8 Å². The molecule has 2 aliphatic rings. The minimum Gasteiger partial charge on any atom is -0.351 e. The Kier molecular flexibility index (Phi) is 4.96. The topological polar surface area (TPSA) is 66.5 Å². The van der Waals surface area contributed by atoms with Crippen LogP contribution < -0.4 is 5.32 Å². The fourth-order valence-electron chi connectivity index (χ4n) is 2.95. The molecule has 2 atom stereocenters. The third-order valence-electron chi connectivity index (χ3n) is 3.97. The average molecular weight is 343 g/mol. The highest BCUT2D eigenvalue weighted by Gasteiger charge is 2.47. The van der Waals surface area contributed by atoms with Gasteiger partial charge in [0.2, 0.25) is 17.7 Å². The van der Waals surface area contributed by atoms with E-state index in [0.717, 1.165) is 25.7 Å². The molecule has 1 aliphatic heterocycles. The molecule has 0 aromatic heterocycles. The van der Waals surface area contributed by atoms with Crippen LogP contribution in [0.2, 0.25) is 0 Å². The number of nitrogens with one attached hydrogen (secondary N) is 1. The average Bonchev–Trinajstić information content (AvgIpc) is 2.67. The lowest BCUT2D eigenvalue weighted by molar-refractivity contribution is -0.140. The van der Waals surface area contributed by atoms with Gasteiger partial charge in [-0.1, -0.05) is 35.4 Å². The van der Waals surface area contributed by atoms with Crippen molar-refractivity contribution >= 4 is 33.7 Å². The highest BCUT2D eigenvalue weighted by atomic mass is 79.9. The van der Waals surface area contributed by atoms with Crippen molar-refractivity contribution < 1.29 is 14.4 Å². The molecule has 1 heterocycles. The summed E-state index contributed by atoms with van der Waals surface area (Å²) in [5.41, 5.74) is 0. The van der Waals surface area contributed by atoms with Crippen LogP contribution in [0.3, 0.4) is 0 Å². The molecule has 20 heavy (non-hydrogen) atoms. The summed E-state index contributed by atoms with van der Waals surface area (Å²) >= 11 is 3.15. The number of hydrogen-bond acceptors (Lipinski definition) is 3. The summed E-state index contributed by atoms with van der Waals surface area (Å²) in [7, 11) is 0. The first-order valence-electron chi connectivity index (χ1n) is 6.96. The molecule has 2 rings (SSSR count). The number of halogens is 1. The monoisotopic (exact) mass is 342 g/mol. The van der Waals surface area contributed by atoms with Crippen LogP contribution in [0.15, 0.2) is 11.1 Å². The lowest BCUT2D eigenvalue weighted by Crippen LogP contribution is -2.35. The van der Waals surface area contributed by atoms with Crippen LogP contribution in [0.25, 0.3) is 0 Å². The third kappa shape index (κ3) is 3.29. The SMILES string of the molecule is C=C(Br)CNC(=O)CCN1C(=O)[C@@H]2CCCC[C@H]2C1=O. The molecule has 0 bridgehead atoms. The van der Waals surface area contributed by atoms with E-state index < -0.39 is 0 Å². The van der Waals surface area contributed by atoms with E-state index in [9.17, 15) is 14.4 Å². The largest absolute Gasteiger partial charge is 0.351 e. The molecule has 5 nitrogen and oxygen atoms in total. The Morgan fingerprint density at radius 3 is 2.30 bits per heavy atom. The van der Waals surface area contributed by atoms with E-state index in [1.165, 1.54) is 4.90 Å². The molecule has 0 aromatic rings. The quantitative estimate of drug-likeness (QED) is 0.771. The number of carbonyl (C=O) groups is 3. The molecular formula is C14H19BrN2O3. The Bertz CT molecular complexity index is 426. The minimum atomic E-state index is -0.180. The lowest BCUT2D eigenvalue weighted by Gasteiger charge is -2.19. The lowest BCUT2D eigenvalue weighted by atomic mass is 9.81. The van der Waals surface area contributed by atoms with Crippen LogP contribution in [0.5, 0.6) is 0 Å². The van der Waals surface area contributed by atoms with Gasteiger partial charge in [0, 0.05) is 24.0 Å². The maximum atomic E-state index is 12.2. The normalized spacial score (nSPS) is 25.6. The van der Waals surface area contributed by atoms with Crippen molar-refractivity contribution in [2.45, 2.75) is 32.1 Å². The number of fused-ring (bicyclic) bond motifs is 1. The highest BCUT2D eigenvalue weighted by molar-refractivity contribution is 9.11. The molecule has 110 valence electrons. The van der Waals surface area contributed by atoms with E-state index in [1.54, 1.807) is 0 Å². The molecule has 3 amide bonds. The second-order valence-corrected chi connectivity index (χ2v) is 6.49. The van der Waals surface area contributed by atoms with E-state index in [1.807, 2.05) is 0 Å². The zero-order valence-electron chi connectivity index (χ0n) is 11.4. The summed E-state index contributed by atoms with van der Waals surface area (Å²) in [4.78, 5) is 37.3. The molecule has 1 saturated carbocycles. The van der Waals surface area contributed by atoms with E-state index in [-0.39, 0.29) is 42.5 Å². The third-order valence-corrected chi connectivity index (χ3v) is 4.25. The first kappa shape index (κ1) is 15.2. The van der Waals surface area contributed by atoms with Crippen molar-refractivity contribution in [3.8, 4) is 0 Å². The summed E-state index contributed by atoms with van der Waals surface area (Å²) in [6.45, 7) is 4.16. The van der Waals surface area contributed by atoms with Crippen molar-refractivity contribution in [3.05, 3.63) is 11.1 Å². The highest BCUT2D eigenvalue weighted by Crippen LogP contribution is 2.37. The predicted molar refractivity (Wildman–Crippen MR) is 77.9 cm³/mol. The number of imide groups is 1. The Morgan fingerprint density at radius 1 is 1.25 bits per heavy atom. The van der Waals surface area contributed by atoms with Gasteiger partial charge in [-0.25, -0.2) is 0 Å². The smallest absolute Gasteiger partial charge is 0.233 e. The molecule has 1 N–H and O–H groups in total. The second kappa shape index (κ2) is 6.52. The van der Waals surface area contributed by atoms with E-state index in [2.05, 4.69) is 27.8 Å². The number of carbonyl (C=O) groups excluding carboxylic acids is 3. The fourth-order valence-corrected chi connectivity index (χ4v) is 3.09. The molecule has 0 unspecified atom stereocenters. The molecule has 0 aromatic carbocycles. The molecule has 1 saturated heterocycles. The van der Waals surface area contributed by atoms with Gasteiger partial charge in [0.25, 0.3) is 0 Å². The van der Waals surface area contributed by atoms with Gasteiger partial charge in [-0.2, -0.15) is 0 Å². The minimum absolute atomic E-state index is 0.0857. The first-order chi connectivity index (χ1) is 9.50. The van der Waals surface area contributed by atoms with Crippen LogP contribution >= 0.6 is 15.9 Å². The van der Waals surface area contributed by atoms with Crippen molar-refractivity contribution in [1.29, 1.82) is 0 Å². The van der Waals surface area contributed by atoms with Gasteiger partial charge in [-0.05, 0) is 12.8 Å².